The summed E-state index contributed by atoms with van der Waals surface area (Å²) in [7, 11) is -3.91. The Balaban J connectivity index is 1.77. The van der Waals surface area contributed by atoms with Crippen LogP contribution in [0.25, 0.3) is 11.5 Å². The molecule has 0 fully saturated rings. The fraction of sp³-hybridized carbons (Fsp3) is 0.0870. The average molecular weight is 518 g/mol. The van der Waals surface area contributed by atoms with Crippen molar-refractivity contribution in [3.05, 3.63) is 93.4 Å². The molecule has 4 aromatic rings. The van der Waals surface area contributed by atoms with Gasteiger partial charge in [0.1, 0.15) is 0 Å². The van der Waals surface area contributed by atoms with E-state index in [0.29, 0.717) is 11.6 Å². The second kappa shape index (κ2) is 8.86. The molecule has 1 N–H and O–H groups in total. The normalized spacial score (nSPS) is 11.5. The second-order valence-electron chi connectivity index (χ2n) is 6.91. The third kappa shape index (κ3) is 4.69. The van der Waals surface area contributed by atoms with Crippen LogP contribution in [-0.4, -0.2) is 13.4 Å². The first-order chi connectivity index (χ1) is 14.8. The van der Waals surface area contributed by atoms with Crippen LogP contribution in [0.1, 0.15) is 11.1 Å². The fourth-order valence-electron chi connectivity index (χ4n) is 3.04. The monoisotopic (exact) mass is 516 g/mol. The molecule has 1 heterocycles. The van der Waals surface area contributed by atoms with Gasteiger partial charge >= 0.3 is 0 Å². The van der Waals surface area contributed by atoms with Crippen molar-refractivity contribution in [1.82, 2.24) is 4.98 Å². The fourth-order valence-corrected chi connectivity index (χ4v) is 4.71. The van der Waals surface area contributed by atoms with Gasteiger partial charge in [-0.2, -0.15) is 4.98 Å². The lowest BCUT2D eigenvalue weighted by molar-refractivity contribution is 0.576. The standard InChI is InChI=1S/C23H18BrClN2O3S/c1-15-4-2-3-5-20(15)21-27-23(31(28,29)19-12-8-17(24)9-13-19)22(30-21)26-14-16-6-10-18(25)11-7-16/h2-13,26H,14H2,1H3. The molecule has 5 nitrogen and oxygen atoms in total. The van der Waals surface area contributed by atoms with E-state index in [2.05, 4.69) is 26.2 Å². The maximum atomic E-state index is 13.4. The summed E-state index contributed by atoms with van der Waals surface area (Å²) >= 11 is 9.28. The Hall–Kier alpha value is -2.61. The highest BCUT2D eigenvalue weighted by Crippen LogP contribution is 2.34. The summed E-state index contributed by atoms with van der Waals surface area (Å²) in [6, 6.07) is 21.2. The predicted molar refractivity (Wildman–Crippen MR) is 125 cm³/mol. The van der Waals surface area contributed by atoms with Crippen molar-refractivity contribution in [1.29, 1.82) is 0 Å². The van der Waals surface area contributed by atoms with Gasteiger partial charge in [0.25, 0.3) is 0 Å². The average Bonchev–Trinajstić information content (AvgIpc) is 3.19. The van der Waals surface area contributed by atoms with Crippen LogP contribution in [0.4, 0.5) is 5.88 Å². The highest BCUT2D eigenvalue weighted by molar-refractivity contribution is 9.10. The highest BCUT2D eigenvalue weighted by atomic mass is 79.9. The van der Waals surface area contributed by atoms with Crippen molar-refractivity contribution >= 4 is 43.3 Å². The summed E-state index contributed by atoms with van der Waals surface area (Å²) in [6.07, 6.45) is 0. The Kier molecular flexibility index (Phi) is 6.18. The van der Waals surface area contributed by atoms with Crippen molar-refractivity contribution in [3.63, 3.8) is 0 Å². The van der Waals surface area contributed by atoms with E-state index in [9.17, 15) is 8.42 Å². The number of aromatic nitrogens is 1. The van der Waals surface area contributed by atoms with E-state index in [0.717, 1.165) is 21.2 Å². The third-order valence-corrected chi connectivity index (χ3v) is 7.18. The molecule has 0 radical (unpaired) electrons. The molecule has 0 aliphatic rings. The quantitative estimate of drug-likeness (QED) is 0.316. The zero-order valence-corrected chi connectivity index (χ0v) is 19.6. The molecule has 0 amide bonds. The summed E-state index contributed by atoms with van der Waals surface area (Å²) in [4.78, 5) is 4.52. The molecule has 0 atom stereocenters. The zero-order chi connectivity index (χ0) is 22.0. The topological polar surface area (TPSA) is 72.2 Å². The number of hydrogen-bond acceptors (Lipinski definition) is 5. The Morgan fingerprint density at radius 1 is 1.00 bits per heavy atom. The summed E-state index contributed by atoms with van der Waals surface area (Å²) < 4.78 is 33.4. The number of sulfone groups is 1. The van der Waals surface area contributed by atoms with Gasteiger partial charge in [-0.05, 0) is 60.5 Å². The van der Waals surface area contributed by atoms with Gasteiger partial charge < -0.3 is 9.73 Å². The van der Waals surface area contributed by atoms with Gasteiger partial charge in [0, 0.05) is 21.6 Å². The van der Waals surface area contributed by atoms with Crippen LogP contribution in [0.5, 0.6) is 0 Å². The van der Waals surface area contributed by atoms with Crippen LogP contribution in [0.15, 0.2) is 91.6 Å². The molecule has 0 saturated carbocycles. The minimum atomic E-state index is -3.91. The number of benzene rings is 3. The van der Waals surface area contributed by atoms with Crippen molar-refractivity contribution in [2.75, 3.05) is 5.32 Å². The van der Waals surface area contributed by atoms with Gasteiger partial charge in [0.05, 0.1) is 4.90 Å². The van der Waals surface area contributed by atoms with E-state index in [1.54, 1.807) is 24.3 Å². The van der Waals surface area contributed by atoms with E-state index in [-0.39, 0.29) is 21.7 Å². The molecule has 0 unspecified atom stereocenters. The molecular formula is C23H18BrClN2O3S. The number of aryl methyl sites for hydroxylation is 1. The molecule has 0 aliphatic carbocycles. The number of oxazole rings is 1. The first kappa shape index (κ1) is 21.6. The van der Waals surface area contributed by atoms with Crippen LogP contribution in [0, 0.1) is 6.92 Å². The minimum absolute atomic E-state index is 0.0936. The van der Waals surface area contributed by atoms with Gasteiger partial charge in [0.15, 0.2) is 0 Å². The molecule has 0 bridgehead atoms. The maximum absolute atomic E-state index is 13.4. The third-order valence-electron chi connectivity index (χ3n) is 4.72. The lowest BCUT2D eigenvalue weighted by Gasteiger charge is -2.07. The van der Waals surface area contributed by atoms with E-state index in [1.807, 2.05) is 43.3 Å². The van der Waals surface area contributed by atoms with Gasteiger partial charge in [0.2, 0.25) is 26.6 Å². The smallest absolute Gasteiger partial charge is 0.234 e. The second-order valence-corrected chi connectivity index (χ2v) is 10.1. The Morgan fingerprint density at radius 2 is 1.68 bits per heavy atom. The van der Waals surface area contributed by atoms with Crippen LogP contribution in [0.2, 0.25) is 5.02 Å². The summed E-state index contributed by atoms with van der Waals surface area (Å²) in [5.41, 5.74) is 2.58. The van der Waals surface area contributed by atoms with Gasteiger partial charge in [-0.15, -0.1) is 0 Å². The molecule has 0 aliphatic heterocycles. The lowest BCUT2D eigenvalue weighted by atomic mass is 10.1. The number of hydrogen-bond donors (Lipinski definition) is 1. The SMILES string of the molecule is Cc1ccccc1-c1nc(S(=O)(=O)c2ccc(Br)cc2)c(NCc2ccc(Cl)cc2)o1. The molecule has 1 aromatic heterocycles. The number of halogens is 2. The first-order valence-electron chi connectivity index (χ1n) is 9.40. The molecule has 158 valence electrons. The number of anilines is 1. The Morgan fingerprint density at radius 3 is 2.35 bits per heavy atom. The summed E-state index contributed by atoms with van der Waals surface area (Å²) in [5, 5.41) is 3.56. The van der Waals surface area contributed by atoms with Crippen molar-refractivity contribution in [2.45, 2.75) is 23.4 Å². The zero-order valence-electron chi connectivity index (χ0n) is 16.5. The van der Waals surface area contributed by atoms with Crippen molar-refractivity contribution in [2.24, 2.45) is 0 Å². The van der Waals surface area contributed by atoms with E-state index < -0.39 is 9.84 Å². The predicted octanol–water partition coefficient (Wildman–Crippen LogP) is 6.51. The number of rotatable bonds is 6. The number of nitrogens with zero attached hydrogens (tertiary/aromatic N) is 1. The summed E-state index contributed by atoms with van der Waals surface area (Å²) in [6.45, 7) is 2.27. The van der Waals surface area contributed by atoms with Crippen LogP contribution >= 0.6 is 27.5 Å². The molecule has 4 rings (SSSR count). The largest absolute Gasteiger partial charge is 0.419 e. The minimum Gasteiger partial charge on any atom is -0.419 e. The van der Waals surface area contributed by atoms with Crippen LogP contribution < -0.4 is 5.32 Å². The first-order valence-corrected chi connectivity index (χ1v) is 12.1. The maximum Gasteiger partial charge on any atom is 0.234 e. The van der Waals surface area contributed by atoms with E-state index in [4.69, 9.17) is 16.0 Å². The van der Waals surface area contributed by atoms with Gasteiger partial charge in [-0.3, -0.25) is 0 Å². The Labute approximate surface area is 194 Å². The lowest BCUT2D eigenvalue weighted by Crippen LogP contribution is -2.07. The molecule has 3 aromatic carbocycles. The molecule has 0 spiro atoms. The number of nitrogens with one attached hydrogen (secondary N) is 1. The van der Waals surface area contributed by atoms with Crippen molar-refractivity contribution < 1.29 is 12.8 Å². The van der Waals surface area contributed by atoms with E-state index in [1.165, 1.54) is 12.1 Å². The van der Waals surface area contributed by atoms with Crippen LogP contribution in [0.3, 0.4) is 0 Å². The Bertz CT molecular complexity index is 1320. The molecular weight excluding hydrogens is 500 g/mol. The van der Waals surface area contributed by atoms with Crippen LogP contribution in [-0.2, 0) is 16.4 Å². The van der Waals surface area contributed by atoms with Gasteiger partial charge in [-0.1, -0.05) is 57.9 Å². The molecule has 8 heteroatoms. The molecule has 0 saturated heterocycles. The summed E-state index contributed by atoms with van der Waals surface area (Å²) in [5.74, 6) is 0.337. The van der Waals surface area contributed by atoms with E-state index >= 15 is 0 Å². The molecule has 31 heavy (non-hydrogen) atoms. The highest BCUT2D eigenvalue weighted by Gasteiger charge is 2.28. The van der Waals surface area contributed by atoms with Gasteiger partial charge in [-0.25, -0.2) is 8.42 Å². The van der Waals surface area contributed by atoms with Crippen molar-refractivity contribution in [3.8, 4) is 11.5 Å².